The Morgan fingerprint density at radius 2 is 1.62 bits per heavy atom. The van der Waals surface area contributed by atoms with Crippen LogP contribution in [-0.4, -0.2) is 8.42 Å². The molecule has 0 saturated heterocycles. The number of sulfonamides is 1. The van der Waals surface area contributed by atoms with Crippen LogP contribution in [0.2, 0.25) is 0 Å². The molecule has 0 aliphatic rings. The van der Waals surface area contributed by atoms with Gasteiger partial charge in [0, 0.05) is 25.5 Å². The number of hydrogen-bond acceptors (Lipinski definition) is 2. The lowest BCUT2D eigenvalue weighted by Gasteiger charge is -2.10. The summed E-state index contributed by atoms with van der Waals surface area (Å²) in [5.74, 6) is -0.464. The van der Waals surface area contributed by atoms with Crippen LogP contribution in [0.4, 0.5) is 4.39 Å². The lowest BCUT2D eigenvalue weighted by Crippen LogP contribution is -2.24. The van der Waals surface area contributed by atoms with Crippen molar-refractivity contribution >= 4 is 57.8 Å². The molecular weight excluding hydrogens is 493 g/mol. The van der Waals surface area contributed by atoms with Crippen molar-refractivity contribution in [2.24, 2.45) is 0 Å². The van der Waals surface area contributed by atoms with Crippen LogP contribution in [0, 0.1) is 5.82 Å². The molecule has 21 heavy (non-hydrogen) atoms. The van der Waals surface area contributed by atoms with E-state index in [4.69, 9.17) is 0 Å². The predicted molar refractivity (Wildman–Crippen MR) is 90.0 cm³/mol. The zero-order valence-electron chi connectivity index (χ0n) is 10.4. The lowest BCUT2D eigenvalue weighted by molar-refractivity contribution is 0.574. The van der Waals surface area contributed by atoms with Crippen molar-refractivity contribution < 1.29 is 12.8 Å². The topological polar surface area (TPSA) is 46.2 Å². The summed E-state index contributed by atoms with van der Waals surface area (Å²) in [5, 5.41) is 0. The molecule has 0 fully saturated rings. The van der Waals surface area contributed by atoms with E-state index in [9.17, 15) is 12.8 Å². The SMILES string of the molecule is O=S(=O)(NCc1cc(Br)ccc1F)c1cc(Br)ccc1Br. The molecule has 2 aromatic rings. The summed E-state index contributed by atoms with van der Waals surface area (Å²) in [5.41, 5.74) is 0.263. The molecule has 0 heterocycles. The van der Waals surface area contributed by atoms with Gasteiger partial charge >= 0.3 is 0 Å². The van der Waals surface area contributed by atoms with Crippen molar-refractivity contribution in [2.75, 3.05) is 0 Å². The number of benzene rings is 2. The molecule has 0 radical (unpaired) electrons. The maximum absolute atomic E-state index is 13.6. The summed E-state index contributed by atoms with van der Waals surface area (Å²) in [6.45, 7) is -0.132. The third-order valence-corrected chi connectivity index (χ3v) is 6.02. The Morgan fingerprint density at radius 1 is 1.00 bits per heavy atom. The van der Waals surface area contributed by atoms with Gasteiger partial charge in [-0.25, -0.2) is 17.5 Å². The minimum absolute atomic E-state index is 0.0901. The molecule has 0 aliphatic carbocycles. The number of halogens is 4. The molecule has 0 saturated carbocycles. The average molecular weight is 502 g/mol. The van der Waals surface area contributed by atoms with E-state index in [1.54, 1.807) is 18.2 Å². The van der Waals surface area contributed by atoms with Crippen LogP contribution in [0.25, 0.3) is 0 Å². The van der Waals surface area contributed by atoms with Gasteiger partial charge < -0.3 is 0 Å². The number of nitrogens with one attached hydrogen (secondary N) is 1. The van der Waals surface area contributed by atoms with E-state index in [1.807, 2.05) is 0 Å². The second kappa shape index (κ2) is 6.87. The van der Waals surface area contributed by atoms with Crippen molar-refractivity contribution in [3.8, 4) is 0 Å². The molecule has 8 heteroatoms. The Labute approximate surface area is 147 Å². The van der Waals surface area contributed by atoms with Crippen molar-refractivity contribution in [3.63, 3.8) is 0 Å². The highest BCUT2D eigenvalue weighted by Gasteiger charge is 2.18. The van der Waals surface area contributed by atoms with Gasteiger partial charge in [0.15, 0.2) is 0 Å². The molecule has 3 nitrogen and oxygen atoms in total. The maximum atomic E-state index is 13.6. The first kappa shape index (κ1) is 17.1. The van der Waals surface area contributed by atoms with Gasteiger partial charge in [0.2, 0.25) is 10.0 Å². The fourth-order valence-electron chi connectivity index (χ4n) is 1.61. The summed E-state index contributed by atoms with van der Waals surface area (Å²) >= 11 is 9.65. The van der Waals surface area contributed by atoms with E-state index in [-0.39, 0.29) is 17.0 Å². The Kier molecular flexibility index (Phi) is 5.59. The number of hydrogen-bond donors (Lipinski definition) is 1. The van der Waals surface area contributed by atoms with E-state index in [0.29, 0.717) is 13.4 Å². The van der Waals surface area contributed by atoms with Crippen LogP contribution < -0.4 is 4.72 Å². The van der Waals surface area contributed by atoms with Gasteiger partial charge in [-0.2, -0.15) is 0 Å². The fourth-order valence-corrected chi connectivity index (χ4v) is 4.53. The first-order valence-corrected chi connectivity index (χ1v) is 9.54. The van der Waals surface area contributed by atoms with E-state index >= 15 is 0 Å². The van der Waals surface area contributed by atoms with Gasteiger partial charge in [0.25, 0.3) is 0 Å². The van der Waals surface area contributed by atoms with Crippen LogP contribution in [0.5, 0.6) is 0 Å². The van der Waals surface area contributed by atoms with Gasteiger partial charge in [-0.3, -0.25) is 0 Å². The van der Waals surface area contributed by atoms with Crippen molar-refractivity contribution in [3.05, 3.63) is 61.2 Å². The normalized spacial score (nSPS) is 11.6. The molecule has 0 bridgehead atoms. The zero-order chi connectivity index (χ0) is 15.6. The van der Waals surface area contributed by atoms with E-state index in [1.165, 1.54) is 18.2 Å². The molecule has 2 aromatic carbocycles. The summed E-state index contributed by atoms with van der Waals surface area (Å²) in [6, 6.07) is 9.19. The first-order valence-electron chi connectivity index (χ1n) is 5.68. The summed E-state index contributed by atoms with van der Waals surface area (Å²) < 4.78 is 42.3. The van der Waals surface area contributed by atoms with Gasteiger partial charge in [-0.1, -0.05) is 31.9 Å². The van der Waals surface area contributed by atoms with Gasteiger partial charge in [-0.15, -0.1) is 0 Å². The highest BCUT2D eigenvalue weighted by molar-refractivity contribution is 9.11. The van der Waals surface area contributed by atoms with Gasteiger partial charge in [0.05, 0.1) is 4.90 Å². The Balaban J connectivity index is 2.26. The average Bonchev–Trinajstić information content (AvgIpc) is 2.42. The van der Waals surface area contributed by atoms with E-state index < -0.39 is 15.8 Å². The summed E-state index contributed by atoms with van der Waals surface area (Å²) in [7, 11) is -3.75. The number of rotatable bonds is 4. The van der Waals surface area contributed by atoms with Gasteiger partial charge in [-0.05, 0) is 52.3 Å². The smallest absolute Gasteiger partial charge is 0.207 e. The Bertz CT molecular complexity index is 781. The lowest BCUT2D eigenvalue weighted by atomic mass is 10.2. The monoisotopic (exact) mass is 499 g/mol. The van der Waals surface area contributed by atoms with E-state index in [0.717, 1.165) is 0 Å². The molecule has 0 aliphatic heterocycles. The van der Waals surface area contributed by atoms with Crippen LogP contribution in [0.15, 0.2) is 54.7 Å². The van der Waals surface area contributed by atoms with Crippen molar-refractivity contribution in [2.45, 2.75) is 11.4 Å². The van der Waals surface area contributed by atoms with Crippen molar-refractivity contribution in [1.82, 2.24) is 4.72 Å². The van der Waals surface area contributed by atoms with Crippen molar-refractivity contribution in [1.29, 1.82) is 0 Å². The molecule has 2 rings (SSSR count). The maximum Gasteiger partial charge on any atom is 0.242 e. The minimum Gasteiger partial charge on any atom is -0.207 e. The molecule has 0 spiro atoms. The first-order chi connectivity index (χ1) is 9.79. The molecule has 1 N–H and O–H groups in total. The molecule has 0 atom stereocenters. The second-order valence-corrected chi connectivity index (χ2v) is 8.56. The predicted octanol–water partition coefficient (Wildman–Crippen LogP) is 4.59. The third kappa shape index (κ3) is 4.35. The van der Waals surface area contributed by atoms with Gasteiger partial charge in [0.1, 0.15) is 5.82 Å². The molecule has 0 unspecified atom stereocenters. The Morgan fingerprint density at radius 3 is 2.33 bits per heavy atom. The molecule has 0 amide bonds. The zero-order valence-corrected chi connectivity index (χ0v) is 16.0. The molecular formula is C13H9Br3FNO2S. The van der Waals surface area contributed by atoms with Crippen LogP contribution in [0.1, 0.15) is 5.56 Å². The highest BCUT2D eigenvalue weighted by Crippen LogP contribution is 2.26. The Hall–Kier alpha value is -0.280. The minimum atomic E-state index is -3.75. The van der Waals surface area contributed by atoms with Crippen LogP contribution in [0.3, 0.4) is 0 Å². The fraction of sp³-hybridized carbons (Fsp3) is 0.0769. The molecule has 0 aromatic heterocycles. The summed E-state index contributed by atoms with van der Waals surface area (Å²) in [6.07, 6.45) is 0. The standard InChI is InChI=1S/C13H9Br3FNO2S/c14-9-2-4-12(17)8(5-9)7-18-21(19,20)13-6-10(15)1-3-11(13)16/h1-6,18H,7H2. The molecule has 112 valence electrons. The summed E-state index contributed by atoms with van der Waals surface area (Å²) in [4.78, 5) is 0.0901. The van der Waals surface area contributed by atoms with Crippen LogP contribution in [-0.2, 0) is 16.6 Å². The highest BCUT2D eigenvalue weighted by atomic mass is 79.9. The van der Waals surface area contributed by atoms with Crippen LogP contribution >= 0.6 is 47.8 Å². The quantitative estimate of drug-likeness (QED) is 0.666. The van der Waals surface area contributed by atoms with E-state index in [2.05, 4.69) is 52.5 Å². The third-order valence-electron chi connectivity index (χ3n) is 2.64. The second-order valence-electron chi connectivity index (χ2n) is 4.14. The largest absolute Gasteiger partial charge is 0.242 e.